The fourth-order valence-electron chi connectivity index (χ4n) is 2.90. The van der Waals surface area contributed by atoms with Gasteiger partial charge in [-0.25, -0.2) is 0 Å². The molecule has 1 saturated heterocycles. The van der Waals surface area contributed by atoms with Gasteiger partial charge in [-0.05, 0) is 58.0 Å². The van der Waals surface area contributed by atoms with Crippen molar-refractivity contribution >= 4 is 0 Å². The SMILES string of the molecule is CC(C)N1CCC(CC2CCC2)CC1. The van der Waals surface area contributed by atoms with Gasteiger partial charge in [0.05, 0.1) is 0 Å². The van der Waals surface area contributed by atoms with Crippen LogP contribution in [0.5, 0.6) is 0 Å². The van der Waals surface area contributed by atoms with E-state index in [4.69, 9.17) is 0 Å². The quantitative estimate of drug-likeness (QED) is 0.668. The second-order valence-corrected chi connectivity index (χ2v) is 5.61. The summed E-state index contributed by atoms with van der Waals surface area (Å²) in [4.78, 5) is 2.64. The highest BCUT2D eigenvalue weighted by Crippen LogP contribution is 2.35. The Morgan fingerprint density at radius 1 is 1.00 bits per heavy atom. The molecule has 1 aliphatic carbocycles. The minimum Gasteiger partial charge on any atom is -0.301 e. The lowest BCUT2D eigenvalue weighted by atomic mass is 9.76. The number of hydrogen-bond donors (Lipinski definition) is 0. The number of piperidine rings is 1. The van der Waals surface area contributed by atoms with E-state index in [-0.39, 0.29) is 0 Å². The first-order valence-electron chi connectivity index (χ1n) is 6.49. The van der Waals surface area contributed by atoms with Crippen LogP contribution in [-0.4, -0.2) is 24.0 Å². The molecule has 0 spiro atoms. The van der Waals surface area contributed by atoms with Crippen molar-refractivity contribution in [3.05, 3.63) is 0 Å². The van der Waals surface area contributed by atoms with Crippen LogP contribution in [0.3, 0.4) is 0 Å². The second kappa shape index (κ2) is 4.65. The van der Waals surface area contributed by atoms with Gasteiger partial charge >= 0.3 is 0 Å². The zero-order chi connectivity index (χ0) is 9.97. The van der Waals surface area contributed by atoms with Gasteiger partial charge in [0.2, 0.25) is 0 Å². The monoisotopic (exact) mass is 195 g/mol. The molecule has 2 rings (SSSR count). The molecule has 0 unspecified atom stereocenters. The van der Waals surface area contributed by atoms with Gasteiger partial charge in [0, 0.05) is 6.04 Å². The molecule has 2 fully saturated rings. The highest BCUT2D eigenvalue weighted by Gasteiger charge is 2.25. The Labute approximate surface area is 88.9 Å². The molecule has 2 aliphatic rings. The van der Waals surface area contributed by atoms with E-state index in [0.717, 1.165) is 17.9 Å². The van der Waals surface area contributed by atoms with E-state index >= 15 is 0 Å². The summed E-state index contributed by atoms with van der Waals surface area (Å²) >= 11 is 0. The van der Waals surface area contributed by atoms with Crippen molar-refractivity contribution in [1.29, 1.82) is 0 Å². The average Bonchev–Trinajstić information content (AvgIpc) is 2.12. The van der Waals surface area contributed by atoms with Crippen LogP contribution in [0.25, 0.3) is 0 Å². The molecule has 0 N–H and O–H groups in total. The maximum Gasteiger partial charge on any atom is 0.00385 e. The lowest BCUT2D eigenvalue weighted by Gasteiger charge is -2.37. The summed E-state index contributed by atoms with van der Waals surface area (Å²) in [5.74, 6) is 2.18. The molecule has 0 amide bonds. The zero-order valence-corrected chi connectivity index (χ0v) is 9.84. The van der Waals surface area contributed by atoms with Crippen LogP contribution in [0.1, 0.15) is 52.4 Å². The van der Waals surface area contributed by atoms with E-state index in [2.05, 4.69) is 18.7 Å². The van der Waals surface area contributed by atoms with E-state index in [1.807, 2.05) is 0 Å². The van der Waals surface area contributed by atoms with E-state index in [1.165, 1.54) is 45.2 Å². The Balaban J connectivity index is 1.67. The Hall–Kier alpha value is -0.0400. The van der Waals surface area contributed by atoms with Crippen molar-refractivity contribution in [3.63, 3.8) is 0 Å². The molecule has 1 heterocycles. The summed E-state index contributed by atoms with van der Waals surface area (Å²) in [5, 5.41) is 0. The summed E-state index contributed by atoms with van der Waals surface area (Å²) in [6.45, 7) is 7.36. The van der Waals surface area contributed by atoms with Gasteiger partial charge in [-0.1, -0.05) is 19.3 Å². The third-order valence-electron chi connectivity index (χ3n) is 4.27. The smallest absolute Gasteiger partial charge is 0.00385 e. The molecule has 1 aliphatic heterocycles. The third kappa shape index (κ3) is 2.50. The van der Waals surface area contributed by atoms with Gasteiger partial charge in [0.1, 0.15) is 0 Å². The van der Waals surface area contributed by atoms with Crippen molar-refractivity contribution in [3.8, 4) is 0 Å². The summed E-state index contributed by atoms with van der Waals surface area (Å²) in [6.07, 6.45) is 9.06. The molecule has 0 atom stereocenters. The largest absolute Gasteiger partial charge is 0.301 e. The molecule has 1 heteroatoms. The Kier molecular flexibility index (Phi) is 3.48. The van der Waals surface area contributed by atoms with E-state index < -0.39 is 0 Å². The summed E-state index contributed by atoms with van der Waals surface area (Å²) in [5.41, 5.74) is 0. The number of rotatable bonds is 3. The van der Waals surface area contributed by atoms with Crippen molar-refractivity contribution < 1.29 is 0 Å². The zero-order valence-electron chi connectivity index (χ0n) is 9.84. The first kappa shape index (κ1) is 10.5. The van der Waals surface area contributed by atoms with Gasteiger partial charge in [-0.15, -0.1) is 0 Å². The molecule has 14 heavy (non-hydrogen) atoms. The highest BCUT2D eigenvalue weighted by atomic mass is 15.1. The van der Waals surface area contributed by atoms with Gasteiger partial charge < -0.3 is 4.90 Å². The van der Waals surface area contributed by atoms with Crippen molar-refractivity contribution in [2.45, 2.75) is 58.4 Å². The van der Waals surface area contributed by atoms with Crippen LogP contribution in [0.2, 0.25) is 0 Å². The molecule has 0 aromatic carbocycles. The third-order valence-corrected chi connectivity index (χ3v) is 4.27. The second-order valence-electron chi connectivity index (χ2n) is 5.61. The number of hydrogen-bond acceptors (Lipinski definition) is 1. The van der Waals surface area contributed by atoms with Crippen molar-refractivity contribution in [2.75, 3.05) is 13.1 Å². The first-order chi connectivity index (χ1) is 6.75. The predicted octanol–water partition coefficient (Wildman–Crippen LogP) is 3.30. The molecule has 82 valence electrons. The summed E-state index contributed by atoms with van der Waals surface area (Å²) < 4.78 is 0. The van der Waals surface area contributed by atoms with Crippen LogP contribution in [0.15, 0.2) is 0 Å². The van der Waals surface area contributed by atoms with Gasteiger partial charge in [0.25, 0.3) is 0 Å². The Bertz CT molecular complexity index is 164. The average molecular weight is 195 g/mol. The van der Waals surface area contributed by atoms with Gasteiger partial charge in [0.15, 0.2) is 0 Å². The highest BCUT2D eigenvalue weighted by molar-refractivity contribution is 4.79. The van der Waals surface area contributed by atoms with Crippen LogP contribution >= 0.6 is 0 Å². The standard InChI is InChI=1S/C13H25N/c1-11(2)14-8-6-13(7-9-14)10-12-4-3-5-12/h11-13H,3-10H2,1-2H3. The molecule has 0 aromatic heterocycles. The molecular formula is C13H25N. The molecule has 0 radical (unpaired) electrons. The van der Waals surface area contributed by atoms with E-state index in [9.17, 15) is 0 Å². The van der Waals surface area contributed by atoms with Crippen LogP contribution in [0, 0.1) is 11.8 Å². The van der Waals surface area contributed by atoms with Crippen LogP contribution in [0.4, 0.5) is 0 Å². The normalized spacial score (nSPS) is 26.8. The molecular weight excluding hydrogens is 170 g/mol. The van der Waals surface area contributed by atoms with E-state index in [0.29, 0.717) is 0 Å². The topological polar surface area (TPSA) is 3.24 Å². The van der Waals surface area contributed by atoms with Gasteiger partial charge in [-0.3, -0.25) is 0 Å². The molecule has 0 bridgehead atoms. The first-order valence-corrected chi connectivity index (χ1v) is 6.49. The predicted molar refractivity (Wildman–Crippen MR) is 61.4 cm³/mol. The fraction of sp³-hybridized carbons (Fsp3) is 1.00. The molecule has 1 nitrogen and oxygen atoms in total. The lowest BCUT2D eigenvalue weighted by Crippen LogP contribution is -2.39. The Morgan fingerprint density at radius 3 is 2.00 bits per heavy atom. The minimum atomic E-state index is 0.764. The maximum atomic E-state index is 2.64. The molecule has 1 saturated carbocycles. The van der Waals surface area contributed by atoms with Crippen LogP contribution in [-0.2, 0) is 0 Å². The van der Waals surface area contributed by atoms with Crippen molar-refractivity contribution in [1.82, 2.24) is 4.90 Å². The van der Waals surface area contributed by atoms with Gasteiger partial charge in [-0.2, -0.15) is 0 Å². The summed E-state index contributed by atoms with van der Waals surface area (Å²) in [7, 11) is 0. The fourth-order valence-corrected chi connectivity index (χ4v) is 2.90. The molecule has 0 aromatic rings. The van der Waals surface area contributed by atoms with E-state index in [1.54, 1.807) is 6.42 Å². The Morgan fingerprint density at radius 2 is 1.57 bits per heavy atom. The minimum absolute atomic E-state index is 0.764. The van der Waals surface area contributed by atoms with Crippen molar-refractivity contribution in [2.24, 2.45) is 11.8 Å². The summed E-state index contributed by atoms with van der Waals surface area (Å²) in [6, 6.07) is 0.764. The lowest BCUT2D eigenvalue weighted by molar-refractivity contribution is 0.124. The van der Waals surface area contributed by atoms with Crippen LogP contribution < -0.4 is 0 Å². The number of nitrogens with zero attached hydrogens (tertiary/aromatic N) is 1. The number of likely N-dealkylation sites (tertiary alicyclic amines) is 1. The maximum absolute atomic E-state index is 2.64.